The topological polar surface area (TPSA) is 99.3 Å². The maximum absolute atomic E-state index is 12.3. The minimum absolute atomic E-state index is 0.0132. The molecule has 0 spiro atoms. The van der Waals surface area contributed by atoms with Crippen LogP contribution in [0, 0.1) is 17.0 Å². The molecule has 0 radical (unpaired) electrons. The SMILES string of the molecule is CCc1ccc(OCC(=O)Nc2cc(C)nn2-c2ccc([N+](=O)[O-])cc2)cc1. The molecule has 1 heterocycles. The van der Waals surface area contributed by atoms with E-state index in [1.807, 2.05) is 24.3 Å². The van der Waals surface area contributed by atoms with Crippen LogP contribution < -0.4 is 10.1 Å². The average molecular weight is 380 g/mol. The van der Waals surface area contributed by atoms with Crippen LogP contribution in [0.4, 0.5) is 11.5 Å². The van der Waals surface area contributed by atoms with E-state index in [2.05, 4.69) is 17.3 Å². The summed E-state index contributed by atoms with van der Waals surface area (Å²) in [6, 6.07) is 15.2. The fourth-order valence-electron chi connectivity index (χ4n) is 2.65. The minimum Gasteiger partial charge on any atom is -0.484 e. The molecule has 1 aromatic heterocycles. The van der Waals surface area contributed by atoms with Crippen LogP contribution in [0.3, 0.4) is 0 Å². The van der Waals surface area contributed by atoms with Gasteiger partial charge in [0.25, 0.3) is 11.6 Å². The van der Waals surface area contributed by atoms with Crippen LogP contribution >= 0.6 is 0 Å². The molecule has 3 rings (SSSR count). The van der Waals surface area contributed by atoms with Crippen LogP contribution in [-0.2, 0) is 11.2 Å². The van der Waals surface area contributed by atoms with E-state index in [4.69, 9.17) is 4.74 Å². The number of nitrogens with one attached hydrogen (secondary N) is 1. The third kappa shape index (κ3) is 4.53. The predicted octanol–water partition coefficient (Wildman–Crippen LogP) is 3.67. The third-order valence-electron chi connectivity index (χ3n) is 4.11. The van der Waals surface area contributed by atoms with E-state index in [9.17, 15) is 14.9 Å². The Morgan fingerprint density at radius 1 is 1.18 bits per heavy atom. The Balaban J connectivity index is 1.68. The highest BCUT2D eigenvalue weighted by atomic mass is 16.6. The Kier molecular flexibility index (Phi) is 5.69. The van der Waals surface area contributed by atoms with Crippen molar-refractivity contribution in [2.24, 2.45) is 0 Å². The van der Waals surface area contributed by atoms with Gasteiger partial charge in [-0.1, -0.05) is 19.1 Å². The Morgan fingerprint density at radius 2 is 1.86 bits per heavy atom. The molecule has 0 fully saturated rings. The van der Waals surface area contributed by atoms with Crippen molar-refractivity contribution in [1.29, 1.82) is 0 Å². The molecule has 0 atom stereocenters. The van der Waals surface area contributed by atoms with Gasteiger partial charge in [0, 0.05) is 18.2 Å². The van der Waals surface area contributed by atoms with Gasteiger partial charge in [0.15, 0.2) is 6.61 Å². The molecule has 0 saturated carbocycles. The Morgan fingerprint density at radius 3 is 2.46 bits per heavy atom. The lowest BCUT2D eigenvalue weighted by Crippen LogP contribution is -2.21. The van der Waals surface area contributed by atoms with E-state index in [1.165, 1.54) is 22.4 Å². The summed E-state index contributed by atoms with van der Waals surface area (Å²) in [6.45, 7) is 3.72. The number of ether oxygens (including phenoxy) is 1. The number of anilines is 1. The smallest absolute Gasteiger partial charge is 0.269 e. The zero-order valence-corrected chi connectivity index (χ0v) is 15.6. The molecule has 28 heavy (non-hydrogen) atoms. The zero-order valence-electron chi connectivity index (χ0n) is 15.6. The molecule has 1 N–H and O–H groups in total. The molecule has 0 unspecified atom stereocenters. The number of aromatic nitrogens is 2. The number of nitrogens with zero attached hydrogens (tertiary/aromatic N) is 3. The van der Waals surface area contributed by atoms with Crippen molar-refractivity contribution in [3.05, 3.63) is 76.0 Å². The monoisotopic (exact) mass is 380 g/mol. The van der Waals surface area contributed by atoms with E-state index in [0.717, 1.165) is 6.42 Å². The molecule has 0 aliphatic rings. The zero-order chi connectivity index (χ0) is 20.1. The molecule has 0 aliphatic heterocycles. The fraction of sp³-hybridized carbons (Fsp3) is 0.200. The first-order valence-electron chi connectivity index (χ1n) is 8.79. The van der Waals surface area contributed by atoms with Crippen molar-refractivity contribution in [3.8, 4) is 11.4 Å². The highest BCUT2D eigenvalue weighted by molar-refractivity contribution is 5.91. The molecule has 8 nitrogen and oxygen atoms in total. The second-order valence-electron chi connectivity index (χ2n) is 6.19. The van der Waals surface area contributed by atoms with Crippen LogP contribution in [-0.4, -0.2) is 27.2 Å². The van der Waals surface area contributed by atoms with Crippen molar-refractivity contribution in [3.63, 3.8) is 0 Å². The van der Waals surface area contributed by atoms with Gasteiger partial charge in [0.05, 0.1) is 16.3 Å². The fourth-order valence-corrected chi connectivity index (χ4v) is 2.65. The predicted molar refractivity (Wildman–Crippen MR) is 105 cm³/mol. The second-order valence-corrected chi connectivity index (χ2v) is 6.19. The molecule has 3 aromatic rings. The van der Waals surface area contributed by atoms with E-state index >= 15 is 0 Å². The molecule has 1 amide bonds. The number of hydrogen-bond donors (Lipinski definition) is 1. The molecule has 0 saturated heterocycles. The number of non-ortho nitro benzene ring substituents is 1. The van der Waals surface area contributed by atoms with Gasteiger partial charge in [0.2, 0.25) is 0 Å². The summed E-state index contributed by atoms with van der Waals surface area (Å²) < 4.78 is 7.04. The lowest BCUT2D eigenvalue weighted by Gasteiger charge is -2.10. The van der Waals surface area contributed by atoms with Crippen molar-refractivity contribution in [2.75, 3.05) is 11.9 Å². The number of benzene rings is 2. The molecule has 8 heteroatoms. The van der Waals surface area contributed by atoms with Gasteiger partial charge in [-0.2, -0.15) is 5.10 Å². The van der Waals surface area contributed by atoms with Gasteiger partial charge < -0.3 is 10.1 Å². The number of carbonyl (C=O) groups excluding carboxylic acids is 1. The van der Waals surface area contributed by atoms with Crippen LogP contribution in [0.15, 0.2) is 54.6 Å². The first kappa shape index (κ1) is 19.1. The van der Waals surface area contributed by atoms with Gasteiger partial charge in [0.1, 0.15) is 11.6 Å². The standard InChI is InChI=1S/C20H20N4O4/c1-3-15-4-10-18(11-5-15)28-13-20(25)21-19-12-14(2)22-23(19)16-6-8-17(9-7-16)24(26)27/h4-12H,3,13H2,1-2H3,(H,21,25). The molecular formula is C20H20N4O4. The molecule has 2 aromatic carbocycles. The lowest BCUT2D eigenvalue weighted by molar-refractivity contribution is -0.384. The van der Waals surface area contributed by atoms with Crippen molar-refractivity contribution >= 4 is 17.4 Å². The summed E-state index contributed by atoms with van der Waals surface area (Å²) in [5.41, 5.74) is 2.48. The first-order chi connectivity index (χ1) is 13.5. The summed E-state index contributed by atoms with van der Waals surface area (Å²) in [4.78, 5) is 22.6. The number of hydrogen-bond acceptors (Lipinski definition) is 5. The quantitative estimate of drug-likeness (QED) is 0.498. The molecule has 0 aliphatic carbocycles. The van der Waals surface area contributed by atoms with Crippen LogP contribution in [0.25, 0.3) is 5.69 Å². The molecular weight excluding hydrogens is 360 g/mol. The van der Waals surface area contributed by atoms with Gasteiger partial charge in [-0.3, -0.25) is 14.9 Å². The number of nitro benzene ring substituents is 1. The van der Waals surface area contributed by atoms with Crippen LogP contribution in [0.2, 0.25) is 0 Å². The number of rotatable bonds is 7. The molecule has 0 bridgehead atoms. The minimum atomic E-state index is -0.467. The summed E-state index contributed by atoms with van der Waals surface area (Å²) >= 11 is 0. The van der Waals surface area contributed by atoms with Gasteiger partial charge in [-0.15, -0.1) is 0 Å². The Labute approximate surface area is 161 Å². The maximum Gasteiger partial charge on any atom is 0.269 e. The summed E-state index contributed by atoms with van der Waals surface area (Å²) in [6.07, 6.45) is 0.937. The first-order valence-corrected chi connectivity index (χ1v) is 8.79. The second kappa shape index (κ2) is 8.34. The maximum atomic E-state index is 12.3. The largest absolute Gasteiger partial charge is 0.484 e. The van der Waals surface area contributed by atoms with Gasteiger partial charge >= 0.3 is 0 Å². The van der Waals surface area contributed by atoms with E-state index < -0.39 is 4.92 Å². The summed E-state index contributed by atoms with van der Waals surface area (Å²) in [5.74, 6) is 0.747. The number of amides is 1. The van der Waals surface area contributed by atoms with Crippen LogP contribution in [0.5, 0.6) is 5.75 Å². The summed E-state index contributed by atoms with van der Waals surface area (Å²) in [7, 11) is 0. The lowest BCUT2D eigenvalue weighted by atomic mass is 10.2. The Hall–Kier alpha value is -3.68. The normalized spacial score (nSPS) is 10.5. The highest BCUT2D eigenvalue weighted by Gasteiger charge is 2.13. The van der Waals surface area contributed by atoms with Gasteiger partial charge in [-0.25, -0.2) is 4.68 Å². The number of aryl methyl sites for hydroxylation is 2. The number of carbonyl (C=O) groups is 1. The van der Waals surface area contributed by atoms with Gasteiger partial charge in [-0.05, 0) is 43.2 Å². The van der Waals surface area contributed by atoms with Crippen molar-refractivity contribution in [2.45, 2.75) is 20.3 Å². The highest BCUT2D eigenvalue weighted by Crippen LogP contribution is 2.20. The Bertz CT molecular complexity index is 978. The number of nitro groups is 1. The van der Waals surface area contributed by atoms with Crippen molar-refractivity contribution in [1.82, 2.24) is 9.78 Å². The van der Waals surface area contributed by atoms with Crippen LogP contribution in [0.1, 0.15) is 18.2 Å². The average Bonchev–Trinajstić information content (AvgIpc) is 3.06. The van der Waals surface area contributed by atoms with E-state index in [0.29, 0.717) is 22.9 Å². The van der Waals surface area contributed by atoms with Crippen molar-refractivity contribution < 1.29 is 14.5 Å². The third-order valence-corrected chi connectivity index (χ3v) is 4.11. The van der Waals surface area contributed by atoms with E-state index in [-0.39, 0.29) is 18.2 Å². The summed E-state index contributed by atoms with van der Waals surface area (Å²) in [5, 5.41) is 17.9. The molecule has 144 valence electrons. The van der Waals surface area contributed by atoms with E-state index in [1.54, 1.807) is 25.1 Å².